The zero-order valence-corrected chi connectivity index (χ0v) is 25.8. The van der Waals surface area contributed by atoms with Crippen LogP contribution in [0.3, 0.4) is 0 Å². The van der Waals surface area contributed by atoms with Crippen LogP contribution in [0, 0.1) is 12.8 Å². The molecule has 3 amide bonds. The third kappa shape index (κ3) is 12.8. The van der Waals surface area contributed by atoms with Crippen molar-refractivity contribution in [2.75, 3.05) is 19.7 Å². The Morgan fingerprint density at radius 3 is 2.12 bits per heavy atom. The van der Waals surface area contributed by atoms with E-state index in [2.05, 4.69) is 17.6 Å². The molecule has 0 saturated heterocycles. The first-order valence-electron chi connectivity index (χ1n) is 14.6. The molecule has 0 aromatic heterocycles. The Bertz CT molecular complexity index is 939. The number of unbranched alkanes of at least 4 members (excludes halogenated alkanes) is 4. The van der Waals surface area contributed by atoms with E-state index in [1.807, 2.05) is 45.0 Å². The van der Waals surface area contributed by atoms with Crippen molar-refractivity contribution in [1.29, 1.82) is 0 Å². The van der Waals surface area contributed by atoms with Crippen LogP contribution in [0.4, 0.5) is 4.79 Å². The number of benzene rings is 1. The predicted octanol–water partition coefficient (Wildman–Crippen LogP) is 5.45. The molecule has 2 N–H and O–H groups in total. The fourth-order valence-electron chi connectivity index (χ4n) is 4.22. The zero-order valence-electron chi connectivity index (χ0n) is 25.8. The lowest BCUT2D eigenvalue weighted by atomic mass is 9.97. The minimum atomic E-state index is -0.942. The quantitative estimate of drug-likeness (QED) is 0.205. The summed E-state index contributed by atoms with van der Waals surface area (Å²) in [6.45, 7) is 15.5. The Morgan fingerprint density at radius 1 is 0.950 bits per heavy atom. The highest BCUT2D eigenvalue weighted by atomic mass is 16.6. The fourth-order valence-corrected chi connectivity index (χ4v) is 4.22. The summed E-state index contributed by atoms with van der Waals surface area (Å²) in [4.78, 5) is 53.9. The number of nitrogens with zero attached hydrogens (tertiary/aromatic N) is 1. The third-order valence-corrected chi connectivity index (χ3v) is 6.28. The van der Waals surface area contributed by atoms with Gasteiger partial charge in [-0.2, -0.15) is 0 Å². The van der Waals surface area contributed by atoms with Crippen LogP contribution in [0.15, 0.2) is 24.3 Å². The average Bonchev–Trinajstić information content (AvgIpc) is 2.86. The van der Waals surface area contributed by atoms with E-state index in [9.17, 15) is 19.2 Å². The van der Waals surface area contributed by atoms with E-state index in [1.54, 1.807) is 32.6 Å². The molecule has 2 unspecified atom stereocenters. The number of ether oxygens (including phenoxy) is 2. The standard InChI is InChI=1S/C31H51N3O6/c1-9-11-12-13-14-21-34(29(37)26(22(3)4)33-30(38)40-31(6,7)8)27(24-17-15-23(5)16-18-24)28(36)32-20-19-25(35)39-10-2/h15-18,22,26-27H,9-14,19-21H2,1-8H3,(H,32,36)(H,33,38). The van der Waals surface area contributed by atoms with Crippen molar-refractivity contribution in [3.8, 4) is 0 Å². The number of amides is 3. The Morgan fingerprint density at radius 2 is 1.57 bits per heavy atom. The number of esters is 1. The summed E-state index contributed by atoms with van der Waals surface area (Å²) < 4.78 is 10.4. The Kier molecular flexibility index (Phi) is 15.3. The molecule has 0 fully saturated rings. The molecule has 0 radical (unpaired) electrons. The van der Waals surface area contributed by atoms with Crippen molar-refractivity contribution >= 4 is 23.9 Å². The van der Waals surface area contributed by atoms with Crippen LogP contribution >= 0.6 is 0 Å². The maximum atomic E-state index is 14.2. The summed E-state index contributed by atoms with van der Waals surface area (Å²) in [6.07, 6.45) is 4.18. The lowest BCUT2D eigenvalue weighted by Gasteiger charge is -2.35. The van der Waals surface area contributed by atoms with E-state index in [0.29, 0.717) is 18.5 Å². The second-order valence-electron chi connectivity index (χ2n) is 11.5. The van der Waals surface area contributed by atoms with Crippen molar-refractivity contribution < 1.29 is 28.7 Å². The van der Waals surface area contributed by atoms with Gasteiger partial charge in [0.15, 0.2) is 0 Å². The maximum Gasteiger partial charge on any atom is 0.408 e. The topological polar surface area (TPSA) is 114 Å². The molecule has 0 bridgehead atoms. The SMILES string of the molecule is CCCCCCCN(C(=O)C(NC(=O)OC(C)(C)C)C(C)C)C(C(=O)NCCC(=O)OCC)c1ccc(C)cc1. The molecule has 1 aromatic rings. The number of alkyl carbamates (subject to hydrolysis) is 1. The lowest BCUT2D eigenvalue weighted by molar-refractivity contribution is -0.144. The van der Waals surface area contributed by atoms with Crippen LogP contribution < -0.4 is 10.6 Å². The molecule has 2 atom stereocenters. The molecule has 1 aromatic carbocycles. The van der Waals surface area contributed by atoms with Crippen molar-refractivity contribution in [1.82, 2.24) is 15.5 Å². The molecule has 0 saturated carbocycles. The van der Waals surface area contributed by atoms with Crippen LogP contribution in [-0.4, -0.2) is 60.1 Å². The molecule has 1 rings (SSSR count). The van der Waals surface area contributed by atoms with E-state index in [1.165, 1.54) is 0 Å². The Balaban J connectivity index is 3.38. The molecule has 0 aliphatic rings. The Hall–Kier alpha value is -3.10. The van der Waals surface area contributed by atoms with Crippen LogP contribution in [0.2, 0.25) is 0 Å². The number of rotatable bonds is 16. The molecule has 0 spiro atoms. The molecule has 0 aliphatic heterocycles. The van der Waals surface area contributed by atoms with Gasteiger partial charge in [0.25, 0.3) is 0 Å². The van der Waals surface area contributed by atoms with Crippen LogP contribution in [0.1, 0.15) is 104 Å². The highest BCUT2D eigenvalue weighted by Crippen LogP contribution is 2.25. The monoisotopic (exact) mass is 561 g/mol. The highest BCUT2D eigenvalue weighted by molar-refractivity contribution is 5.92. The number of aryl methyl sites for hydroxylation is 1. The van der Waals surface area contributed by atoms with Gasteiger partial charge in [-0.1, -0.05) is 76.3 Å². The van der Waals surface area contributed by atoms with Crippen LogP contribution in [0.25, 0.3) is 0 Å². The number of carbonyl (C=O) groups excluding carboxylic acids is 4. The van der Waals surface area contributed by atoms with E-state index in [-0.39, 0.29) is 31.4 Å². The first-order chi connectivity index (χ1) is 18.8. The van der Waals surface area contributed by atoms with Gasteiger partial charge in [-0.15, -0.1) is 0 Å². The largest absolute Gasteiger partial charge is 0.466 e. The van der Waals surface area contributed by atoms with Gasteiger partial charge in [0.2, 0.25) is 11.8 Å². The minimum absolute atomic E-state index is 0.0278. The van der Waals surface area contributed by atoms with Gasteiger partial charge in [0, 0.05) is 13.1 Å². The summed E-state index contributed by atoms with van der Waals surface area (Å²) in [5.74, 6) is -1.41. The van der Waals surface area contributed by atoms with Gasteiger partial charge < -0.3 is 25.0 Å². The molecule has 9 heteroatoms. The smallest absolute Gasteiger partial charge is 0.408 e. The summed E-state index contributed by atoms with van der Waals surface area (Å²) in [5.41, 5.74) is 0.951. The first-order valence-corrected chi connectivity index (χ1v) is 14.6. The van der Waals surface area contributed by atoms with Gasteiger partial charge in [0.05, 0.1) is 13.0 Å². The number of nitrogens with one attached hydrogen (secondary N) is 2. The van der Waals surface area contributed by atoms with Gasteiger partial charge in [-0.25, -0.2) is 4.79 Å². The fraction of sp³-hybridized carbons (Fsp3) is 0.677. The van der Waals surface area contributed by atoms with Crippen LogP contribution in [-0.2, 0) is 23.9 Å². The molecular weight excluding hydrogens is 510 g/mol. The summed E-state index contributed by atoms with van der Waals surface area (Å²) in [5, 5.41) is 5.57. The molecule has 9 nitrogen and oxygen atoms in total. The summed E-state index contributed by atoms with van der Waals surface area (Å²) in [7, 11) is 0. The second-order valence-corrected chi connectivity index (χ2v) is 11.5. The zero-order chi connectivity index (χ0) is 30.3. The van der Waals surface area contributed by atoms with E-state index < -0.39 is 35.7 Å². The summed E-state index contributed by atoms with van der Waals surface area (Å²) >= 11 is 0. The van der Waals surface area contributed by atoms with E-state index >= 15 is 0 Å². The Labute approximate surface area is 240 Å². The van der Waals surface area contributed by atoms with E-state index in [0.717, 1.165) is 31.2 Å². The van der Waals surface area contributed by atoms with Crippen molar-refractivity contribution in [3.05, 3.63) is 35.4 Å². The highest BCUT2D eigenvalue weighted by Gasteiger charge is 2.37. The van der Waals surface area contributed by atoms with Crippen LogP contribution in [0.5, 0.6) is 0 Å². The number of hydrogen-bond acceptors (Lipinski definition) is 6. The third-order valence-electron chi connectivity index (χ3n) is 6.28. The minimum Gasteiger partial charge on any atom is -0.466 e. The average molecular weight is 562 g/mol. The molecule has 0 aliphatic carbocycles. The van der Waals surface area contributed by atoms with Gasteiger partial charge >= 0.3 is 12.1 Å². The number of carbonyl (C=O) groups is 4. The molecule has 40 heavy (non-hydrogen) atoms. The lowest BCUT2D eigenvalue weighted by Crippen LogP contribution is -2.55. The van der Waals surface area contributed by atoms with Gasteiger partial charge in [-0.3, -0.25) is 14.4 Å². The second kappa shape index (κ2) is 17.6. The molecular formula is C31H51N3O6. The first kappa shape index (κ1) is 34.9. The number of hydrogen-bond donors (Lipinski definition) is 2. The molecule has 226 valence electrons. The summed E-state index contributed by atoms with van der Waals surface area (Å²) in [6, 6.07) is 5.64. The molecule has 0 heterocycles. The van der Waals surface area contributed by atoms with Gasteiger partial charge in [0.1, 0.15) is 17.7 Å². The predicted molar refractivity (Wildman–Crippen MR) is 157 cm³/mol. The van der Waals surface area contributed by atoms with E-state index in [4.69, 9.17) is 9.47 Å². The van der Waals surface area contributed by atoms with Crippen molar-refractivity contribution in [3.63, 3.8) is 0 Å². The van der Waals surface area contributed by atoms with Gasteiger partial charge in [-0.05, 0) is 52.5 Å². The van der Waals surface area contributed by atoms with Crippen molar-refractivity contribution in [2.45, 2.75) is 112 Å². The normalized spacial score (nSPS) is 12.8. The van der Waals surface area contributed by atoms with Crippen molar-refractivity contribution in [2.24, 2.45) is 5.92 Å². The maximum absolute atomic E-state index is 14.2.